The fraction of sp³-hybridized carbons (Fsp3) is 0.136. The maximum Gasteiger partial charge on any atom is 0.282 e. The summed E-state index contributed by atoms with van der Waals surface area (Å²) in [6, 6.07) is 6.44. The Morgan fingerprint density at radius 1 is 1.14 bits per heavy atom. The van der Waals surface area contributed by atoms with Crippen LogP contribution in [0.2, 0.25) is 0 Å². The number of halogens is 1. The molecule has 1 aliphatic rings. The molecule has 0 saturated heterocycles. The molecule has 0 saturated carbocycles. The van der Waals surface area contributed by atoms with Gasteiger partial charge in [0, 0.05) is 29.6 Å². The number of hydrogen-bond acceptors (Lipinski definition) is 8. The Kier molecular flexibility index (Phi) is 6.09. The van der Waals surface area contributed by atoms with E-state index in [2.05, 4.69) is 15.6 Å². The number of imide groups is 1. The van der Waals surface area contributed by atoms with E-state index in [1.165, 1.54) is 43.5 Å². The van der Waals surface area contributed by atoms with Gasteiger partial charge in [-0.25, -0.2) is 9.37 Å². The third-order valence-electron chi connectivity index (χ3n) is 5.19. The highest BCUT2D eigenvalue weighted by Crippen LogP contribution is 2.33. The van der Waals surface area contributed by atoms with Gasteiger partial charge < -0.3 is 10.6 Å². The Morgan fingerprint density at radius 3 is 2.54 bits per heavy atom. The number of nitro benzene ring substituents is 1. The summed E-state index contributed by atoms with van der Waals surface area (Å²) in [6.07, 6.45) is 0. The van der Waals surface area contributed by atoms with Crippen molar-refractivity contribution in [1.82, 2.24) is 9.88 Å². The lowest BCUT2D eigenvalue weighted by Crippen LogP contribution is -2.45. The zero-order valence-corrected chi connectivity index (χ0v) is 19.0. The number of hydrogen-bond donors (Lipinski definition) is 2. The second-order valence-electron chi connectivity index (χ2n) is 7.52. The zero-order valence-electron chi connectivity index (χ0n) is 18.2. The van der Waals surface area contributed by atoms with Crippen molar-refractivity contribution in [3.63, 3.8) is 0 Å². The summed E-state index contributed by atoms with van der Waals surface area (Å²) < 4.78 is 14.5. The van der Waals surface area contributed by atoms with Crippen LogP contribution in [0.4, 0.5) is 20.9 Å². The van der Waals surface area contributed by atoms with Crippen LogP contribution >= 0.6 is 11.3 Å². The average Bonchev–Trinajstić information content (AvgIpc) is 3.35. The van der Waals surface area contributed by atoms with Gasteiger partial charge in [0.15, 0.2) is 5.13 Å². The SMILES string of the molecule is CC(=O)Nc1ccc(-c2csc(NC(=O)[C@H](C)N3C(=O)c4cccc([N+](=O)[O-])c4C3=O)n2)c(F)c1. The molecular formula is C22H16FN5O6S. The molecule has 0 bridgehead atoms. The minimum absolute atomic E-state index is 0.0878. The van der Waals surface area contributed by atoms with Crippen molar-refractivity contribution in [2.75, 3.05) is 10.6 Å². The predicted molar refractivity (Wildman–Crippen MR) is 123 cm³/mol. The number of thiazole rings is 1. The Bertz CT molecular complexity index is 1420. The lowest BCUT2D eigenvalue weighted by molar-refractivity contribution is -0.385. The average molecular weight is 497 g/mol. The van der Waals surface area contributed by atoms with Gasteiger partial charge in [-0.15, -0.1) is 11.3 Å². The number of nitro groups is 1. The van der Waals surface area contributed by atoms with Crippen molar-refractivity contribution < 1.29 is 28.5 Å². The van der Waals surface area contributed by atoms with E-state index in [-0.39, 0.29) is 39.1 Å². The standard InChI is InChI=1S/C22H16FN5O6S/c1-10(27-20(31)14-4-3-5-17(28(33)34)18(14)21(27)32)19(30)26-22-25-16(9-35-22)13-7-6-12(8-15(13)23)24-11(2)29/h3-10H,1-2H3,(H,24,29)(H,25,26,30)/t10-/m0/s1. The molecule has 11 nitrogen and oxygen atoms in total. The third kappa shape index (κ3) is 4.36. The Labute approximate surface area is 200 Å². The van der Waals surface area contributed by atoms with Gasteiger partial charge in [-0.3, -0.25) is 34.2 Å². The molecular weight excluding hydrogens is 481 g/mol. The molecule has 0 aliphatic carbocycles. The number of fused-ring (bicyclic) bond motifs is 1. The van der Waals surface area contributed by atoms with Crippen molar-refractivity contribution in [2.24, 2.45) is 0 Å². The van der Waals surface area contributed by atoms with Crippen LogP contribution in [0, 0.1) is 15.9 Å². The van der Waals surface area contributed by atoms with Crippen LogP contribution in [0.3, 0.4) is 0 Å². The first-order valence-electron chi connectivity index (χ1n) is 10.1. The van der Waals surface area contributed by atoms with E-state index in [9.17, 15) is 33.7 Å². The number of benzene rings is 2. The number of rotatable bonds is 6. The van der Waals surface area contributed by atoms with Gasteiger partial charge in [-0.1, -0.05) is 6.07 Å². The summed E-state index contributed by atoms with van der Waals surface area (Å²) in [7, 11) is 0. The molecule has 2 aromatic carbocycles. The number of amides is 4. The summed E-state index contributed by atoms with van der Waals surface area (Å²) in [4.78, 5) is 64.8. The van der Waals surface area contributed by atoms with Gasteiger partial charge in [-0.05, 0) is 31.2 Å². The molecule has 35 heavy (non-hydrogen) atoms. The van der Waals surface area contributed by atoms with E-state index in [4.69, 9.17) is 0 Å². The summed E-state index contributed by atoms with van der Waals surface area (Å²) in [6.45, 7) is 2.60. The van der Waals surface area contributed by atoms with E-state index in [1.54, 1.807) is 0 Å². The van der Waals surface area contributed by atoms with Crippen LogP contribution in [0.25, 0.3) is 11.3 Å². The van der Waals surface area contributed by atoms with Crippen LogP contribution < -0.4 is 10.6 Å². The minimum atomic E-state index is -1.30. The van der Waals surface area contributed by atoms with Gasteiger partial charge >= 0.3 is 0 Å². The Balaban J connectivity index is 1.51. The van der Waals surface area contributed by atoms with Crippen LogP contribution in [-0.4, -0.2) is 44.5 Å². The van der Waals surface area contributed by atoms with Crippen LogP contribution in [0.15, 0.2) is 41.8 Å². The maximum atomic E-state index is 14.5. The van der Waals surface area contributed by atoms with Crippen molar-refractivity contribution in [3.05, 3.63) is 68.8 Å². The molecule has 0 unspecified atom stereocenters. The molecule has 0 fully saturated rings. The number of aromatic nitrogens is 1. The van der Waals surface area contributed by atoms with Gasteiger partial charge in [0.05, 0.1) is 16.2 Å². The molecule has 2 heterocycles. The van der Waals surface area contributed by atoms with E-state index >= 15 is 0 Å². The Hall–Kier alpha value is -4.52. The third-order valence-corrected chi connectivity index (χ3v) is 5.95. The molecule has 1 atom stereocenters. The van der Waals surface area contributed by atoms with Gasteiger partial charge in [0.25, 0.3) is 17.5 Å². The van der Waals surface area contributed by atoms with Gasteiger partial charge in [0.2, 0.25) is 11.8 Å². The molecule has 178 valence electrons. The fourth-order valence-electron chi connectivity index (χ4n) is 3.58. The largest absolute Gasteiger partial charge is 0.326 e. The first-order valence-corrected chi connectivity index (χ1v) is 11.0. The van der Waals surface area contributed by atoms with E-state index in [0.29, 0.717) is 4.90 Å². The predicted octanol–water partition coefficient (Wildman–Crippen LogP) is 3.44. The smallest absolute Gasteiger partial charge is 0.282 e. The highest BCUT2D eigenvalue weighted by Gasteiger charge is 2.45. The number of nitrogens with one attached hydrogen (secondary N) is 2. The summed E-state index contributed by atoms with van der Waals surface area (Å²) in [5.74, 6) is -3.51. The molecule has 0 radical (unpaired) electrons. The summed E-state index contributed by atoms with van der Waals surface area (Å²) in [5, 5.41) is 17.8. The van der Waals surface area contributed by atoms with Gasteiger partial charge in [-0.2, -0.15) is 0 Å². The Morgan fingerprint density at radius 2 is 1.89 bits per heavy atom. The first kappa shape index (κ1) is 23.6. The second-order valence-corrected chi connectivity index (χ2v) is 8.37. The highest BCUT2D eigenvalue weighted by atomic mass is 32.1. The van der Waals surface area contributed by atoms with E-state index < -0.39 is 40.2 Å². The van der Waals surface area contributed by atoms with Crippen molar-refractivity contribution in [1.29, 1.82) is 0 Å². The van der Waals surface area contributed by atoms with E-state index in [1.807, 2.05) is 0 Å². The minimum Gasteiger partial charge on any atom is -0.326 e. The van der Waals surface area contributed by atoms with Crippen LogP contribution in [0.5, 0.6) is 0 Å². The summed E-state index contributed by atoms with van der Waals surface area (Å²) >= 11 is 0.994. The van der Waals surface area contributed by atoms with Gasteiger partial charge in [0.1, 0.15) is 17.4 Å². The number of carbonyl (C=O) groups is 4. The quantitative estimate of drug-likeness (QED) is 0.301. The molecule has 0 spiro atoms. The van der Waals surface area contributed by atoms with Crippen molar-refractivity contribution in [2.45, 2.75) is 19.9 Å². The molecule has 13 heteroatoms. The first-order chi connectivity index (χ1) is 16.6. The molecule has 3 aromatic rings. The topological polar surface area (TPSA) is 152 Å². The highest BCUT2D eigenvalue weighted by molar-refractivity contribution is 7.14. The monoisotopic (exact) mass is 497 g/mol. The van der Waals surface area contributed by atoms with Crippen molar-refractivity contribution >= 4 is 51.5 Å². The molecule has 1 aliphatic heterocycles. The molecule has 4 amide bonds. The molecule has 4 rings (SSSR count). The molecule has 1 aromatic heterocycles. The van der Waals surface area contributed by atoms with Crippen molar-refractivity contribution in [3.8, 4) is 11.3 Å². The second kappa shape index (κ2) is 9.02. The maximum absolute atomic E-state index is 14.5. The van der Waals surface area contributed by atoms with E-state index in [0.717, 1.165) is 23.5 Å². The summed E-state index contributed by atoms with van der Waals surface area (Å²) in [5.41, 5.74) is -0.405. The zero-order chi connectivity index (χ0) is 25.4. The van der Waals surface area contributed by atoms with Crippen LogP contribution in [-0.2, 0) is 9.59 Å². The number of anilines is 2. The number of carbonyl (C=O) groups excluding carboxylic acids is 4. The lowest BCUT2D eigenvalue weighted by atomic mass is 10.1. The normalized spacial score (nSPS) is 13.4. The lowest BCUT2D eigenvalue weighted by Gasteiger charge is -2.20. The molecule has 2 N–H and O–H groups in total. The fourth-order valence-corrected chi connectivity index (χ4v) is 4.29. The number of nitrogens with zero attached hydrogens (tertiary/aromatic N) is 3. The van der Waals surface area contributed by atoms with Crippen LogP contribution in [0.1, 0.15) is 34.6 Å².